The van der Waals surface area contributed by atoms with Gasteiger partial charge in [0, 0.05) is 24.7 Å². The Labute approximate surface area is 189 Å². The van der Waals surface area contributed by atoms with Gasteiger partial charge in [-0.3, -0.25) is 9.52 Å². The molecule has 0 spiro atoms. The SMILES string of the molecule is Cc1ccc(-c2noc(C(=O)N3CCCCCC3)n2)cc1S(=O)(=O)Nc1ccc(F)c(F)c1. The first kappa shape index (κ1) is 22.8. The van der Waals surface area contributed by atoms with Gasteiger partial charge in [0.05, 0.1) is 10.6 Å². The molecule has 4 rings (SSSR count). The first-order valence-corrected chi connectivity index (χ1v) is 11.9. The lowest BCUT2D eigenvalue weighted by Crippen LogP contribution is -2.32. The molecule has 2 aromatic carbocycles. The van der Waals surface area contributed by atoms with Gasteiger partial charge in [0.2, 0.25) is 5.82 Å². The van der Waals surface area contributed by atoms with Crippen LogP contribution >= 0.6 is 0 Å². The predicted molar refractivity (Wildman–Crippen MR) is 116 cm³/mol. The van der Waals surface area contributed by atoms with Crippen LogP contribution in [-0.2, 0) is 10.0 Å². The summed E-state index contributed by atoms with van der Waals surface area (Å²) in [5.41, 5.74) is 0.617. The molecule has 0 saturated carbocycles. The van der Waals surface area contributed by atoms with Crippen LogP contribution in [-0.4, -0.2) is 42.5 Å². The molecule has 1 aliphatic rings. The summed E-state index contributed by atoms with van der Waals surface area (Å²) in [5.74, 6) is -2.70. The van der Waals surface area contributed by atoms with Crippen molar-refractivity contribution in [2.24, 2.45) is 0 Å². The van der Waals surface area contributed by atoms with E-state index in [0.29, 0.717) is 24.2 Å². The van der Waals surface area contributed by atoms with E-state index in [0.717, 1.165) is 43.9 Å². The number of hydrogen-bond donors (Lipinski definition) is 1. The number of nitrogens with one attached hydrogen (secondary N) is 1. The van der Waals surface area contributed by atoms with E-state index in [-0.39, 0.29) is 28.2 Å². The molecule has 11 heteroatoms. The standard InChI is InChI=1S/C22H22F2N4O4S/c1-14-6-7-15(12-19(14)33(30,31)27-16-8-9-17(23)18(24)13-16)20-25-21(32-26-20)22(29)28-10-4-2-3-5-11-28/h6-9,12-13,27H,2-5,10-11H2,1H3. The van der Waals surface area contributed by atoms with Crippen molar-refractivity contribution < 1.29 is 26.5 Å². The molecule has 1 N–H and O–H groups in total. The van der Waals surface area contributed by atoms with Crippen molar-refractivity contribution in [1.82, 2.24) is 15.0 Å². The minimum Gasteiger partial charge on any atom is -0.334 e. The summed E-state index contributed by atoms with van der Waals surface area (Å²) >= 11 is 0. The highest BCUT2D eigenvalue weighted by Crippen LogP contribution is 2.26. The largest absolute Gasteiger partial charge is 0.334 e. The van der Waals surface area contributed by atoms with Crippen molar-refractivity contribution in [2.45, 2.75) is 37.5 Å². The van der Waals surface area contributed by atoms with E-state index in [4.69, 9.17) is 4.52 Å². The summed E-state index contributed by atoms with van der Waals surface area (Å²) in [4.78, 5) is 18.4. The van der Waals surface area contributed by atoms with Crippen LogP contribution in [0, 0.1) is 18.6 Å². The maximum absolute atomic E-state index is 13.5. The monoisotopic (exact) mass is 476 g/mol. The summed E-state index contributed by atoms with van der Waals surface area (Å²) in [6, 6.07) is 7.21. The Balaban J connectivity index is 1.59. The van der Waals surface area contributed by atoms with Gasteiger partial charge in [0.1, 0.15) is 0 Å². The maximum Gasteiger partial charge on any atom is 0.316 e. The number of rotatable bonds is 5. The fourth-order valence-corrected chi connectivity index (χ4v) is 4.96. The number of halogens is 2. The molecule has 2 heterocycles. The molecule has 1 amide bonds. The van der Waals surface area contributed by atoms with Gasteiger partial charge in [-0.15, -0.1) is 0 Å². The van der Waals surface area contributed by atoms with Crippen molar-refractivity contribution in [2.75, 3.05) is 17.8 Å². The van der Waals surface area contributed by atoms with E-state index in [1.807, 2.05) is 0 Å². The quantitative estimate of drug-likeness (QED) is 0.593. The molecule has 1 fully saturated rings. The van der Waals surface area contributed by atoms with E-state index in [9.17, 15) is 22.0 Å². The third-order valence-corrected chi connectivity index (χ3v) is 6.93. The second-order valence-corrected chi connectivity index (χ2v) is 9.50. The smallest absolute Gasteiger partial charge is 0.316 e. The predicted octanol–water partition coefficient (Wildman–Crippen LogP) is 4.14. The van der Waals surface area contributed by atoms with Crippen molar-refractivity contribution in [3.63, 3.8) is 0 Å². The Bertz CT molecular complexity index is 1290. The number of carbonyl (C=O) groups is 1. The van der Waals surface area contributed by atoms with Crippen LogP contribution in [0.3, 0.4) is 0 Å². The van der Waals surface area contributed by atoms with Gasteiger partial charge in [-0.2, -0.15) is 4.98 Å². The molecule has 3 aromatic rings. The molecule has 0 aliphatic carbocycles. The van der Waals surface area contributed by atoms with E-state index in [1.54, 1.807) is 24.0 Å². The van der Waals surface area contributed by atoms with Gasteiger partial charge in [0.25, 0.3) is 10.0 Å². The van der Waals surface area contributed by atoms with Crippen LogP contribution in [0.5, 0.6) is 0 Å². The highest BCUT2D eigenvalue weighted by atomic mass is 32.2. The van der Waals surface area contributed by atoms with Gasteiger partial charge in [-0.05, 0) is 43.5 Å². The molecule has 0 atom stereocenters. The number of carbonyl (C=O) groups excluding carboxylic acids is 1. The maximum atomic E-state index is 13.5. The van der Waals surface area contributed by atoms with Gasteiger partial charge >= 0.3 is 11.8 Å². The van der Waals surface area contributed by atoms with Crippen LogP contribution in [0.25, 0.3) is 11.4 Å². The Morgan fingerprint density at radius 3 is 2.45 bits per heavy atom. The highest BCUT2D eigenvalue weighted by Gasteiger charge is 2.25. The lowest BCUT2D eigenvalue weighted by molar-refractivity contribution is 0.0711. The lowest BCUT2D eigenvalue weighted by atomic mass is 10.1. The molecule has 1 aromatic heterocycles. The third kappa shape index (κ3) is 5.03. The van der Waals surface area contributed by atoms with Gasteiger partial charge in [-0.25, -0.2) is 17.2 Å². The third-order valence-electron chi connectivity index (χ3n) is 5.41. The molecule has 174 valence electrons. The van der Waals surface area contributed by atoms with Gasteiger partial charge < -0.3 is 9.42 Å². The Kier molecular flexibility index (Phi) is 6.41. The van der Waals surface area contributed by atoms with Crippen molar-refractivity contribution >= 4 is 21.6 Å². The summed E-state index contributed by atoms with van der Waals surface area (Å²) in [5, 5.41) is 3.84. The summed E-state index contributed by atoms with van der Waals surface area (Å²) in [6.45, 7) is 2.84. The molecular formula is C22H22F2N4O4S. The van der Waals surface area contributed by atoms with E-state index in [2.05, 4.69) is 14.9 Å². The average Bonchev–Trinajstić information content (AvgIpc) is 3.11. The molecule has 1 aliphatic heterocycles. The average molecular weight is 477 g/mol. The first-order valence-electron chi connectivity index (χ1n) is 10.5. The van der Waals surface area contributed by atoms with Gasteiger partial charge in [0.15, 0.2) is 11.6 Å². The zero-order valence-corrected chi connectivity index (χ0v) is 18.7. The highest BCUT2D eigenvalue weighted by molar-refractivity contribution is 7.92. The van der Waals surface area contributed by atoms with E-state index >= 15 is 0 Å². The number of aryl methyl sites for hydroxylation is 1. The molecule has 8 nitrogen and oxygen atoms in total. The van der Waals surface area contributed by atoms with Crippen molar-refractivity contribution in [3.8, 4) is 11.4 Å². The molecular weight excluding hydrogens is 454 g/mol. The minimum absolute atomic E-state index is 0.0671. The Morgan fingerprint density at radius 2 is 1.76 bits per heavy atom. The molecule has 1 saturated heterocycles. The van der Waals surface area contributed by atoms with Crippen LogP contribution < -0.4 is 4.72 Å². The number of anilines is 1. The number of likely N-dealkylation sites (tertiary alicyclic amines) is 1. The lowest BCUT2D eigenvalue weighted by Gasteiger charge is -2.17. The normalized spacial score (nSPS) is 14.7. The summed E-state index contributed by atoms with van der Waals surface area (Å²) in [7, 11) is -4.14. The summed E-state index contributed by atoms with van der Waals surface area (Å²) < 4.78 is 59.8. The summed E-state index contributed by atoms with van der Waals surface area (Å²) in [6.07, 6.45) is 3.96. The van der Waals surface area contributed by atoms with E-state index in [1.165, 1.54) is 6.07 Å². The van der Waals surface area contributed by atoms with Crippen LogP contribution in [0.15, 0.2) is 45.8 Å². The minimum atomic E-state index is -4.14. The Morgan fingerprint density at radius 1 is 1.03 bits per heavy atom. The first-order chi connectivity index (χ1) is 15.7. The van der Waals surface area contributed by atoms with Crippen molar-refractivity contribution in [3.05, 3.63) is 59.5 Å². The molecule has 0 bridgehead atoms. The van der Waals surface area contributed by atoms with Crippen LogP contribution in [0.2, 0.25) is 0 Å². The fourth-order valence-electron chi connectivity index (χ4n) is 3.64. The van der Waals surface area contributed by atoms with Crippen molar-refractivity contribution in [1.29, 1.82) is 0 Å². The molecule has 0 unspecified atom stereocenters. The second kappa shape index (κ2) is 9.26. The number of sulfonamides is 1. The zero-order valence-electron chi connectivity index (χ0n) is 17.8. The zero-order chi connectivity index (χ0) is 23.6. The van der Waals surface area contributed by atoms with Gasteiger partial charge in [-0.1, -0.05) is 30.1 Å². The number of amides is 1. The number of aromatic nitrogens is 2. The topological polar surface area (TPSA) is 105 Å². The number of hydrogen-bond acceptors (Lipinski definition) is 6. The van der Waals surface area contributed by atoms with Crippen LogP contribution in [0.1, 0.15) is 41.9 Å². The van der Waals surface area contributed by atoms with Crippen LogP contribution in [0.4, 0.5) is 14.5 Å². The molecule has 0 radical (unpaired) electrons. The number of nitrogens with zero attached hydrogens (tertiary/aromatic N) is 3. The Hall–Kier alpha value is -3.34. The number of benzene rings is 2. The molecule has 33 heavy (non-hydrogen) atoms. The fraction of sp³-hybridized carbons (Fsp3) is 0.318. The second-order valence-electron chi connectivity index (χ2n) is 7.84. The van der Waals surface area contributed by atoms with E-state index < -0.39 is 21.7 Å².